The molecule has 2 aromatic rings. The molecule has 1 atom stereocenters. The Morgan fingerprint density at radius 2 is 1.73 bits per heavy atom. The van der Waals surface area contributed by atoms with Crippen LogP contribution in [-0.4, -0.2) is 54.2 Å². The highest BCUT2D eigenvalue weighted by atomic mass is 16.5. The molecule has 0 aromatic heterocycles. The number of carboxylic acids is 1. The van der Waals surface area contributed by atoms with Crippen LogP contribution in [0.25, 0.3) is 11.1 Å². The van der Waals surface area contributed by atoms with Gasteiger partial charge in [0.15, 0.2) is 0 Å². The van der Waals surface area contributed by atoms with Crippen molar-refractivity contribution < 1.29 is 24.2 Å². The lowest BCUT2D eigenvalue weighted by Gasteiger charge is -2.39. The number of likely N-dealkylation sites (tertiary alicyclic amines) is 1. The Morgan fingerprint density at radius 3 is 2.33 bits per heavy atom. The second kappa shape index (κ2) is 9.65. The number of piperidine rings is 1. The largest absolute Gasteiger partial charge is 0.481 e. The average Bonchev–Trinajstić information content (AvgIpc) is 3.16. The molecular weight excluding hydrogens is 420 g/mol. The van der Waals surface area contributed by atoms with Gasteiger partial charge in [0.1, 0.15) is 6.61 Å². The zero-order valence-electron chi connectivity index (χ0n) is 18.9. The Morgan fingerprint density at radius 1 is 1.09 bits per heavy atom. The normalized spacial score (nSPS) is 19.5. The first-order valence-electron chi connectivity index (χ1n) is 11.6. The van der Waals surface area contributed by atoms with Crippen molar-refractivity contribution in [2.45, 2.75) is 38.5 Å². The molecule has 0 saturated carbocycles. The summed E-state index contributed by atoms with van der Waals surface area (Å²) in [5.74, 6) is -1.01. The first-order valence-corrected chi connectivity index (χ1v) is 11.6. The molecule has 1 unspecified atom stereocenters. The molecule has 33 heavy (non-hydrogen) atoms. The minimum absolute atomic E-state index is 0.0173. The van der Waals surface area contributed by atoms with Gasteiger partial charge in [0.25, 0.3) is 0 Å². The summed E-state index contributed by atoms with van der Waals surface area (Å²) in [4.78, 5) is 38.2. The quantitative estimate of drug-likeness (QED) is 0.664. The highest BCUT2D eigenvalue weighted by Crippen LogP contribution is 2.44. The van der Waals surface area contributed by atoms with Crippen LogP contribution >= 0.6 is 0 Å². The number of nitrogens with one attached hydrogen (secondary N) is 1. The van der Waals surface area contributed by atoms with Crippen molar-refractivity contribution in [1.29, 1.82) is 0 Å². The highest BCUT2D eigenvalue weighted by Gasteiger charge is 2.42. The minimum atomic E-state index is -0.867. The van der Waals surface area contributed by atoms with Gasteiger partial charge >= 0.3 is 12.1 Å². The van der Waals surface area contributed by atoms with E-state index < -0.39 is 17.5 Å². The molecule has 7 nitrogen and oxygen atoms in total. The molecule has 174 valence electrons. The maximum Gasteiger partial charge on any atom is 0.407 e. The first-order chi connectivity index (χ1) is 15.9. The molecule has 0 spiro atoms. The third-order valence-electron chi connectivity index (χ3n) is 7.01. The highest BCUT2D eigenvalue weighted by molar-refractivity contribution is 5.81. The summed E-state index contributed by atoms with van der Waals surface area (Å²) in [6.07, 6.45) is 1.30. The van der Waals surface area contributed by atoms with Gasteiger partial charge in [-0.15, -0.1) is 0 Å². The Kier molecular flexibility index (Phi) is 6.67. The number of hydrogen-bond donors (Lipinski definition) is 2. The lowest BCUT2D eigenvalue weighted by atomic mass is 9.77. The summed E-state index contributed by atoms with van der Waals surface area (Å²) in [6, 6.07) is 16.3. The number of amides is 2. The van der Waals surface area contributed by atoms with Crippen molar-refractivity contribution in [3.8, 4) is 11.1 Å². The number of nitrogens with zero attached hydrogens (tertiary/aromatic N) is 1. The summed E-state index contributed by atoms with van der Waals surface area (Å²) < 4.78 is 5.50. The fraction of sp³-hybridized carbons (Fsp3) is 0.423. The van der Waals surface area contributed by atoms with Crippen molar-refractivity contribution >= 4 is 18.0 Å². The fourth-order valence-corrected chi connectivity index (χ4v) is 5.04. The lowest BCUT2D eigenvalue weighted by molar-refractivity contribution is -0.155. The number of hydrogen-bond acceptors (Lipinski definition) is 4. The van der Waals surface area contributed by atoms with E-state index >= 15 is 0 Å². The van der Waals surface area contributed by atoms with E-state index in [0.717, 1.165) is 11.1 Å². The molecule has 2 N–H and O–H groups in total. The molecule has 2 amide bonds. The molecular formula is C26H30N2O5. The van der Waals surface area contributed by atoms with Crippen molar-refractivity contribution in [2.75, 3.05) is 26.2 Å². The van der Waals surface area contributed by atoms with Crippen LogP contribution in [0, 0.1) is 5.41 Å². The molecule has 1 saturated heterocycles. The van der Waals surface area contributed by atoms with Crippen molar-refractivity contribution in [3.05, 3.63) is 59.7 Å². The monoisotopic (exact) mass is 450 g/mol. The lowest BCUT2D eigenvalue weighted by Crippen LogP contribution is -2.50. The third-order valence-corrected chi connectivity index (χ3v) is 7.01. The summed E-state index contributed by atoms with van der Waals surface area (Å²) in [6.45, 7) is 3.00. The van der Waals surface area contributed by atoms with Crippen LogP contribution in [0.3, 0.4) is 0 Å². The van der Waals surface area contributed by atoms with Crippen LogP contribution in [0.5, 0.6) is 0 Å². The molecule has 0 bridgehead atoms. The zero-order chi connectivity index (χ0) is 23.4. The van der Waals surface area contributed by atoms with E-state index in [2.05, 4.69) is 29.6 Å². The van der Waals surface area contributed by atoms with E-state index in [1.54, 1.807) is 4.90 Å². The van der Waals surface area contributed by atoms with Gasteiger partial charge in [-0.25, -0.2) is 4.79 Å². The Balaban J connectivity index is 1.27. The topological polar surface area (TPSA) is 95.9 Å². The first kappa shape index (κ1) is 22.8. The summed E-state index contributed by atoms with van der Waals surface area (Å²) >= 11 is 0. The van der Waals surface area contributed by atoms with E-state index in [-0.39, 0.29) is 37.9 Å². The van der Waals surface area contributed by atoms with E-state index in [1.807, 2.05) is 31.2 Å². The fourth-order valence-electron chi connectivity index (χ4n) is 5.04. The predicted molar refractivity (Wildman–Crippen MR) is 124 cm³/mol. The van der Waals surface area contributed by atoms with E-state index in [9.17, 15) is 19.5 Å². The molecule has 1 aliphatic carbocycles. The number of carbonyl (C=O) groups is 3. The summed E-state index contributed by atoms with van der Waals surface area (Å²) in [5.41, 5.74) is 3.75. The standard InChI is InChI=1S/C26H30N2O5/c1-2-26(24(30)31)13-7-15-28(17-26)23(29)12-14-27-25(32)33-16-22-20-10-5-3-8-18(20)19-9-4-6-11-21(19)22/h3-6,8-11,22H,2,7,12-17H2,1H3,(H,27,32)(H,30,31). The maximum atomic E-state index is 12.6. The predicted octanol–water partition coefficient (Wildman–Crippen LogP) is 4.02. The number of ether oxygens (including phenoxy) is 1. The van der Waals surface area contributed by atoms with Crippen molar-refractivity contribution in [1.82, 2.24) is 10.2 Å². The third kappa shape index (κ3) is 4.58. The van der Waals surface area contributed by atoms with E-state index in [4.69, 9.17) is 4.74 Å². The number of benzene rings is 2. The molecule has 1 fully saturated rings. The zero-order valence-corrected chi connectivity index (χ0v) is 18.9. The second-order valence-corrected chi connectivity index (χ2v) is 8.86. The SMILES string of the molecule is CCC1(C(=O)O)CCCN(C(=O)CCNC(=O)OCC2c3ccccc3-c3ccccc32)C1. The number of carbonyl (C=O) groups excluding carboxylic acids is 2. The molecule has 2 aromatic carbocycles. The smallest absolute Gasteiger partial charge is 0.407 e. The van der Waals surface area contributed by atoms with Gasteiger partial charge in [0, 0.05) is 32.0 Å². The molecule has 1 heterocycles. The number of fused-ring (bicyclic) bond motifs is 3. The van der Waals surface area contributed by atoms with Crippen LogP contribution in [-0.2, 0) is 14.3 Å². The van der Waals surface area contributed by atoms with Gasteiger partial charge in [-0.05, 0) is 41.5 Å². The van der Waals surface area contributed by atoms with Crippen LogP contribution in [0.2, 0.25) is 0 Å². The van der Waals surface area contributed by atoms with Gasteiger partial charge < -0.3 is 20.1 Å². The van der Waals surface area contributed by atoms with Crippen molar-refractivity contribution in [2.24, 2.45) is 5.41 Å². The van der Waals surface area contributed by atoms with Crippen LogP contribution in [0.1, 0.15) is 49.7 Å². The van der Waals surface area contributed by atoms with Gasteiger partial charge in [0.05, 0.1) is 5.41 Å². The van der Waals surface area contributed by atoms with Gasteiger partial charge in [-0.2, -0.15) is 0 Å². The van der Waals surface area contributed by atoms with Gasteiger partial charge in [-0.3, -0.25) is 9.59 Å². The number of alkyl carbamates (subject to hydrolysis) is 1. The minimum Gasteiger partial charge on any atom is -0.481 e. The Hall–Kier alpha value is -3.35. The van der Waals surface area contributed by atoms with Gasteiger partial charge in [0.2, 0.25) is 5.91 Å². The summed E-state index contributed by atoms with van der Waals surface area (Å²) in [7, 11) is 0. The van der Waals surface area contributed by atoms with Gasteiger partial charge in [-0.1, -0.05) is 55.5 Å². The molecule has 1 aliphatic heterocycles. The van der Waals surface area contributed by atoms with E-state index in [1.165, 1.54) is 11.1 Å². The molecule has 4 rings (SSSR count). The second-order valence-electron chi connectivity index (χ2n) is 8.86. The number of rotatable bonds is 7. The van der Waals surface area contributed by atoms with Crippen LogP contribution < -0.4 is 5.32 Å². The molecule has 2 aliphatic rings. The summed E-state index contributed by atoms with van der Waals surface area (Å²) in [5, 5.41) is 12.3. The van der Waals surface area contributed by atoms with Crippen LogP contribution in [0.15, 0.2) is 48.5 Å². The van der Waals surface area contributed by atoms with E-state index in [0.29, 0.717) is 25.8 Å². The molecule has 0 radical (unpaired) electrons. The molecule has 7 heteroatoms. The average molecular weight is 451 g/mol. The van der Waals surface area contributed by atoms with Crippen LogP contribution in [0.4, 0.5) is 4.79 Å². The Bertz CT molecular complexity index is 1010. The number of aliphatic carboxylic acids is 1. The van der Waals surface area contributed by atoms with Crippen molar-refractivity contribution in [3.63, 3.8) is 0 Å². The number of carboxylic acid groups (broad SMARTS) is 1. The maximum absolute atomic E-state index is 12.6. The Labute approximate surface area is 193 Å².